The Kier molecular flexibility index (Phi) is 3.78. The number of ether oxygens (including phenoxy) is 1. The van der Waals surface area contributed by atoms with Crippen molar-refractivity contribution < 1.29 is 22.7 Å². The smallest absolute Gasteiger partial charge is 0.261 e. The fourth-order valence-electron chi connectivity index (χ4n) is 2.84. The monoisotopic (exact) mass is 338 g/mol. The summed E-state index contributed by atoms with van der Waals surface area (Å²) >= 11 is 0. The zero-order valence-electron chi connectivity index (χ0n) is 13.0. The fraction of sp³-hybridized carbons (Fsp3) is 0.467. The van der Waals surface area contributed by atoms with Crippen LogP contribution in [0.1, 0.15) is 34.6 Å². The van der Waals surface area contributed by atoms with Crippen LogP contribution in [0.25, 0.3) is 0 Å². The van der Waals surface area contributed by atoms with Gasteiger partial charge in [-0.2, -0.15) is 4.31 Å². The summed E-state index contributed by atoms with van der Waals surface area (Å²) in [5, 5.41) is 0. The number of carbonyl (C=O) groups is 2. The summed E-state index contributed by atoms with van der Waals surface area (Å²) in [4.78, 5) is 25.5. The molecule has 8 heteroatoms. The van der Waals surface area contributed by atoms with E-state index in [1.165, 1.54) is 4.31 Å². The number of fused-ring (bicyclic) bond motifs is 1. The van der Waals surface area contributed by atoms with Crippen LogP contribution in [0.4, 0.5) is 0 Å². The predicted molar refractivity (Wildman–Crippen MR) is 82.3 cm³/mol. The molecule has 2 aliphatic rings. The van der Waals surface area contributed by atoms with Crippen molar-refractivity contribution in [3.05, 3.63) is 35.4 Å². The molecule has 124 valence electrons. The molecule has 0 unspecified atom stereocenters. The van der Waals surface area contributed by atoms with Crippen molar-refractivity contribution in [1.29, 1.82) is 0 Å². The molecule has 7 nitrogen and oxygen atoms in total. The Balaban J connectivity index is 1.75. The highest BCUT2D eigenvalue weighted by Gasteiger charge is 2.42. The lowest BCUT2D eigenvalue weighted by Crippen LogP contribution is -2.47. The molecule has 0 spiro atoms. The van der Waals surface area contributed by atoms with Gasteiger partial charge >= 0.3 is 0 Å². The van der Waals surface area contributed by atoms with Crippen LogP contribution in [0.2, 0.25) is 0 Å². The molecule has 2 heterocycles. The summed E-state index contributed by atoms with van der Waals surface area (Å²) in [5.41, 5.74) is 0.0142. The van der Waals surface area contributed by atoms with Crippen LogP contribution in [0.15, 0.2) is 24.3 Å². The number of sulfonamides is 1. The maximum absolute atomic E-state index is 12.5. The molecular formula is C15H18N2O5S. The van der Waals surface area contributed by atoms with Gasteiger partial charge in [0.15, 0.2) is 0 Å². The predicted octanol–water partition coefficient (Wildman–Crippen LogP) is 0.681. The maximum Gasteiger partial charge on any atom is 0.261 e. The highest BCUT2D eigenvalue weighted by atomic mass is 32.2. The average Bonchev–Trinajstić information content (AvgIpc) is 2.97. The molecule has 1 saturated heterocycles. The van der Waals surface area contributed by atoms with Gasteiger partial charge in [-0.3, -0.25) is 14.5 Å². The molecule has 3 rings (SSSR count). The van der Waals surface area contributed by atoms with Crippen LogP contribution in [0, 0.1) is 0 Å². The van der Waals surface area contributed by atoms with Crippen LogP contribution >= 0.6 is 0 Å². The van der Waals surface area contributed by atoms with Gasteiger partial charge in [0.2, 0.25) is 10.0 Å². The molecule has 2 aliphatic heterocycles. The first-order chi connectivity index (χ1) is 10.7. The minimum absolute atomic E-state index is 0.00253. The second-order valence-corrected chi connectivity index (χ2v) is 8.27. The van der Waals surface area contributed by atoms with E-state index in [0.29, 0.717) is 17.7 Å². The van der Waals surface area contributed by atoms with E-state index in [4.69, 9.17) is 4.74 Å². The minimum atomic E-state index is -3.63. The molecule has 0 aliphatic carbocycles. The van der Waals surface area contributed by atoms with Gasteiger partial charge in [-0.15, -0.1) is 0 Å². The van der Waals surface area contributed by atoms with Gasteiger partial charge in [0.1, 0.15) is 6.73 Å². The Labute approximate surface area is 134 Å². The van der Waals surface area contributed by atoms with Crippen LogP contribution < -0.4 is 0 Å². The molecule has 1 aromatic carbocycles. The van der Waals surface area contributed by atoms with E-state index in [-0.39, 0.29) is 19.0 Å². The largest absolute Gasteiger partial charge is 0.363 e. The van der Waals surface area contributed by atoms with Crippen molar-refractivity contribution >= 4 is 21.8 Å². The summed E-state index contributed by atoms with van der Waals surface area (Å²) in [6, 6.07) is 6.49. The van der Waals surface area contributed by atoms with E-state index in [9.17, 15) is 18.0 Å². The molecule has 1 aromatic rings. The highest BCUT2D eigenvalue weighted by Crippen LogP contribution is 2.26. The summed E-state index contributed by atoms with van der Waals surface area (Å²) in [6.45, 7) is 3.71. The number of hydrogen-bond acceptors (Lipinski definition) is 5. The third kappa shape index (κ3) is 2.66. The summed E-state index contributed by atoms with van der Waals surface area (Å²) in [5.74, 6) is -1.21. The van der Waals surface area contributed by atoms with Gasteiger partial charge < -0.3 is 4.74 Å². The van der Waals surface area contributed by atoms with Gasteiger partial charge in [0, 0.05) is 6.54 Å². The minimum Gasteiger partial charge on any atom is -0.363 e. The number of rotatable bonds is 4. The normalized spacial score (nSPS) is 21.0. The van der Waals surface area contributed by atoms with Crippen molar-refractivity contribution in [2.45, 2.75) is 19.4 Å². The summed E-state index contributed by atoms with van der Waals surface area (Å²) < 4.78 is 31.5. The molecule has 1 fully saturated rings. The van der Waals surface area contributed by atoms with Gasteiger partial charge in [0.05, 0.1) is 29.0 Å². The lowest BCUT2D eigenvalue weighted by atomic mass is 10.1. The first kappa shape index (κ1) is 16.1. The van der Waals surface area contributed by atoms with Crippen LogP contribution in [0.3, 0.4) is 0 Å². The zero-order chi connectivity index (χ0) is 16.8. The lowest BCUT2D eigenvalue weighted by molar-refractivity contribution is 0.0663. The highest BCUT2D eigenvalue weighted by molar-refractivity contribution is 7.89. The second kappa shape index (κ2) is 5.40. The fourth-order valence-corrected chi connectivity index (χ4v) is 4.52. The van der Waals surface area contributed by atoms with Gasteiger partial charge in [-0.25, -0.2) is 8.42 Å². The van der Waals surface area contributed by atoms with Crippen LogP contribution in [-0.2, 0) is 14.8 Å². The van der Waals surface area contributed by atoms with Gasteiger partial charge in [0.25, 0.3) is 11.8 Å². The number of carbonyl (C=O) groups excluding carboxylic acids is 2. The standard InChI is InChI=1S/C15H18N2O5S/c1-15(2)9-22-10-17(15)23(20,21)8-7-16-13(18)11-5-3-4-6-12(11)14(16)19/h3-6H,7-10H2,1-2H3. The molecular weight excluding hydrogens is 320 g/mol. The summed E-state index contributed by atoms with van der Waals surface area (Å²) in [7, 11) is -3.63. The zero-order valence-corrected chi connectivity index (χ0v) is 13.8. The van der Waals surface area contributed by atoms with Crippen molar-refractivity contribution in [3.63, 3.8) is 0 Å². The quantitative estimate of drug-likeness (QED) is 0.754. The number of nitrogens with zero attached hydrogens (tertiary/aromatic N) is 2. The van der Waals surface area contributed by atoms with Crippen LogP contribution in [0.5, 0.6) is 0 Å². The molecule has 0 aromatic heterocycles. The molecule has 2 amide bonds. The first-order valence-electron chi connectivity index (χ1n) is 7.27. The topological polar surface area (TPSA) is 84.0 Å². The third-order valence-electron chi connectivity index (χ3n) is 4.13. The number of imide groups is 1. The molecule has 0 bridgehead atoms. The molecule has 0 saturated carbocycles. The van der Waals surface area contributed by atoms with Crippen molar-refractivity contribution in [2.24, 2.45) is 0 Å². The third-order valence-corrected chi connectivity index (χ3v) is 6.10. The lowest BCUT2D eigenvalue weighted by Gasteiger charge is -2.28. The average molecular weight is 338 g/mol. The van der Waals surface area contributed by atoms with E-state index in [1.807, 2.05) is 0 Å². The number of amides is 2. The second-order valence-electron chi connectivity index (χ2n) is 6.26. The van der Waals surface area contributed by atoms with E-state index in [2.05, 4.69) is 0 Å². The van der Waals surface area contributed by atoms with Gasteiger partial charge in [-0.1, -0.05) is 12.1 Å². The maximum atomic E-state index is 12.5. The summed E-state index contributed by atoms with van der Waals surface area (Å²) in [6.07, 6.45) is 0. The van der Waals surface area contributed by atoms with E-state index < -0.39 is 27.4 Å². The Bertz CT molecular complexity index is 737. The van der Waals surface area contributed by atoms with E-state index in [1.54, 1.807) is 38.1 Å². The Morgan fingerprint density at radius 3 is 2.17 bits per heavy atom. The molecule has 23 heavy (non-hydrogen) atoms. The van der Waals surface area contributed by atoms with Crippen molar-refractivity contribution in [2.75, 3.05) is 25.6 Å². The molecule has 0 atom stereocenters. The van der Waals surface area contributed by atoms with E-state index in [0.717, 1.165) is 4.90 Å². The van der Waals surface area contributed by atoms with E-state index >= 15 is 0 Å². The number of benzene rings is 1. The SMILES string of the molecule is CC1(C)COCN1S(=O)(=O)CCN1C(=O)c2ccccc2C1=O. The Morgan fingerprint density at radius 2 is 1.70 bits per heavy atom. The van der Waals surface area contributed by atoms with Crippen LogP contribution in [-0.4, -0.2) is 60.6 Å². The van der Waals surface area contributed by atoms with Crippen molar-refractivity contribution in [3.8, 4) is 0 Å². The molecule has 0 N–H and O–H groups in total. The van der Waals surface area contributed by atoms with Crippen molar-refractivity contribution in [1.82, 2.24) is 9.21 Å². The first-order valence-corrected chi connectivity index (χ1v) is 8.88. The van der Waals surface area contributed by atoms with Gasteiger partial charge in [-0.05, 0) is 26.0 Å². The Hall–Kier alpha value is -1.77. The number of hydrogen-bond donors (Lipinski definition) is 0. The Morgan fingerprint density at radius 1 is 1.13 bits per heavy atom. The molecule has 0 radical (unpaired) electrons.